The first-order chi connectivity index (χ1) is 9.08. The smallest absolute Gasteiger partial charge is 0.111 e. The Hall–Kier alpha value is -0.780. The van der Waals surface area contributed by atoms with Crippen LogP contribution >= 0.6 is 31.9 Å². The van der Waals surface area contributed by atoms with E-state index in [1.807, 2.05) is 30.3 Å². The van der Waals surface area contributed by atoms with E-state index in [1.54, 1.807) is 0 Å². The second-order valence-electron chi connectivity index (χ2n) is 4.56. The zero-order chi connectivity index (χ0) is 13.8. The molecule has 1 aliphatic rings. The second kappa shape index (κ2) is 6.59. The van der Waals surface area contributed by atoms with E-state index in [0.29, 0.717) is 18.8 Å². The summed E-state index contributed by atoms with van der Waals surface area (Å²) in [5, 5.41) is 13.4. The summed E-state index contributed by atoms with van der Waals surface area (Å²) >= 11 is 6.84. The third-order valence-electron chi connectivity index (χ3n) is 3.12. The van der Waals surface area contributed by atoms with Crippen LogP contribution in [-0.4, -0.2) is 11.7 Å². The summed E-state index contributed by atoms with van der Waals surface area (Å²) in [5.41, 5.74) is 7.76. The van der Waals surface area contributed by atoms with Gasteiger partial charge in [0.25, 0.3) is 0 Å². The number of aliphatic hydroxyl groups is 1. The standard InChI is InChI=1S/C14H16Br2N2O/c15-11-5-10(14(19)12(16)6-11)8-18-7-9-3-1-2-4-13(9)17/h1-4,6,10,18-19H,5,7-8,17H2. The zero-order valence-electron chi connectivity index (χ0n) is 10.4. The number of allylic oxidation sites excluding steroid dienone is 3. The Bertz CT molecular complexity index is 526. The van der Waals surface area contributed by atoms with Gasteiger partial charge in [0.1, 0.15) is 5.76 Å². The van der Waals surface area contributed by atoms with Crippen LogP contribution in [0.4, 0.5) is 5.69 Å². The van der Waals surface area contributed by atoms with E-state index in [2.05, 4.69) is 37.2 Å². The minimum Gasteiger partial charge on any atom is -0.511 e. The number of hydrogen-bond acceptors (Lipinski definition) is 3. The van der Waals surface area contributed by atoms with Gasteiger partial charge >= 0.3 is 0 Å². The van der Waals surface area contributed by atoms with Crippen LogP contribution in [0, 0.1) is 5.92 Å². The highest BCUT2D eigenvalue weighted by Crippen LogP contribution is 2.33. The van der Waals surface area contributed by atoms with E-state index in [-0.39, 0.29) is 5.92 Å². The van der Waals surface area contributed by atoms with Crippen molar-refractivity contribution in [2.75, 3.05) is 12.3 Å². The molecule has 4 N–H and O–H groups in total. The predicted molar refractivity (Wildman–Crippen MR) is 86.3 cm³/mol. The molecule has 3 nitrogen and oxygen atoms in total. The van der Waals surface area contributed by atoms with Crippen molar-refractivity contribution in [2.45, 2.75) is 13.0 Å². The number of hydrogen-bond donors (Lipinski definition) is 3. The number of anilines is 1. The maximum Gasteiger partial charge on any atom is 0.111 e. The van der Waals surface area contributed by atoms with Gasteiger partial charge in [-0.2, -0.15) is 0 Å². The number of benzene rings is 1. The molecule has 0 spiro atoms. The van der Waals surface area contributed by atoms with E-state index in [0.717, 1.165) is 26.6 Å². The maximum atomic E-state index is 10.0. The lowest BCUT2D eigenvalue weighted by molar-refractivity contribution is 0.317. The number of para-hydroxylation sites is 1. The molecule has 0 amide bonds. The van der Waals surface area contributed by atoms with Gasteiger partial charge < -0.3 is 16.2 Å². The third-order valence-corrected chi connectivity index (χ3v) is 4.31. The molecule has 0 fully saturated rings. The first-order valence-corrected chi connectivity index (χ1v) is 7.65. The monoisotopic (exact) mass is 386 g/mol. The summed E-state index contributed by atoms with van der Waals surface area (Å²) in [6.45, 7) is 1.41. The molecular formula is C14H16Br2N2O. The van der Waals surface area contributed by atoms with Gasteiger partial charge in [0.05, 0.1) is 4.48 Å². The molecule has 19 heavy (non-hydrogen) atoms. The summed E-state index contributed by atoms with van der Waals surface area (Å²) in [4.78, 5) is 0. The first kappa shape index (κ1) is 14.6. The van der Waals surface area contributed by atoms with Crippen LogP contribution in [0.5, 0.6) is 0 Å². The first-order valence-electron chi connectivity index (χ1n) is 6.06. The fraction of sp³-hybridized carbons (Fsp3) is 0.286. The summed E-state index contributed by atoms with van der Waals surface area (Å²) in [7, 11) is 0. The Morgan fingerprint density at radius 2 is 2.05 bits per heavy atom. The molecular weight excluding hydrogens is 372 g/mol. The number of nitrogens with two attached hydrogens (primary N) is 1. The molecule has 0 bridgehead atoms. The SMILES string of the molecule is Nc1ccccc1CNCC1CC(Br)=CC(Br)=C1O. The van der Waals surface area contributed by atoms with Crippen molar-refractivity contribution in [3.8, 4) is 0 Å². The molecule has 0 radical (unpaired) electrons. The number of nitrogens with one attached hydrogen (secondary N) is 1. The fourth-order valence-corrected chi connectivity index (χ4v) is 3.57. The average molecular weight is 388 g/mol. The topological polar surface area (TPSA) is 58.3 Å². The minimum absolute atomic E-state index is 0.0821. The van der Waals surface area contributed by atoms with E-state index in [4.69, 9.17) is 5.73 Å². The van der Waals surface area contributed by atoms with Crippen LogP contribution < -0.4 is 11.1 Å². The maximum absolute atomic E-state index is 10.0. The molecule has 0 aromatic heterocycles. The van der Waals surface area contributed by atoms with Crippen LogP contribution in [0.25, 0.3) is 0 Å². The largest absolute Gasteiger partial charge is 0.511 e. The lowest BCUT2D eigenvalue weighted by Gasteiger charge is -2.21. The molecule has 102 valence electrons. The second-order valence-corrected chi connectivity index (χ2v) is 6.43. The Morgan fingerprint density at radius 1 is 1.32 bits per heavy atom. The van der Waals surface area contributed by atoms with Gasteiger partial charge in [-0.1, -0.05) is 34.1 Å². The highest BCUT2D eigenvalue weighted by molar-refractivity contribution is 9.12. The van der Waals surface area contributed by atoms with Gasteiger partial charge in [0, 0.05) is 24.7 Å². The van der Waals surface area contributed by atoms with Gasteiger partial charge in [-0.25, -0.2) is 0 Å². The lowest BCUT2D eigenvalue weighted by atomic mass is 9.98. The van der Waals surface area contributed by atoms with Crippen molar-refractivity contribution >= 4 is 37.5 Å². The third kappa shape index (κ3) is 3.84. The van der Waals surface area contributed by atoms with Crippen LogP contribution in [0.3, 0.4) is 0 Å². The van der Waals surface area contributed by atoms with Gasteiger partial charge in [-0.15, -0.1) is 0 Å². The highest BCUT2D eigenvalue weighted by atomic mass is 79.9. The number of nitrogen functional groups attached to an aromatic ring is 1. The van der Waals surface area contributed by atoms with Gasteiger partial charge in [0.15, 0.2) is 0 Å². The number of aliphatic hydroxyl groups excluding tert-OH is 1. The Morgan fingerprint density at radius 3 is 2.79 bits per heavy atom. The van der Waals surface area contributed by atoms with E-state index < -0.39 is 0 Å². The summed E-state index contributed by atoms with van der Waals surface area (Å²) in [5.74, 6) is 0.482. The average Bonchev–Trinajstić information content (AvgIpc) is 2.37. The molecule has 1 aromatic rings. The molecule has 1 aliphatic carbocycles. The van der Waals surface area contributed by atoms with Gasteiger partial charge in [0.2, 0.25) is 0 Å². The van der Waals surface area contributed by atoms with Gasteiger partial charge in [-0.05, 0) is 44.5 Å². The summed E-state index contributed by atoms with van der Waals surface area (Å²) in [6.07, 6.45) is 2.69. The normalized spacial score (nSPS) is 19.5. The molecule has 0 heterocycles. The van der Waals surface area contributed by atoms with Crippen molar-refractivity contribution in [3.05, 3.63) is 50.6 Å². The van der Waals surface area contributed by atoms with Crippen molar-refractivity contribution in [1.29, 1.82) is 0 Å². The number of rotatable bonds is 4. The molecule has 0 saturated heterocycles. The van der Waals surface area contributed by atoms with Crippen molar-refractivity contribution in [1.82, 2.24) is 5.32 Å². The highest BCUT2D eigenvalue weighted by Gasteiger charge is 2.21. The molecule has 5 heteroatoms. The lowest BCUT2D eigenvalue weighted by Crippen LogP contribution is -2.25. The van der Waals surface area contributed by atoms with Crippen molar-refractivity contribution < 1.29 is 5.11 Å². The van der Waals surface area contributed by atoms with Crippen LogP contribution in [0.15, 0.2) is 45.1 Å². The van der Waals surface area contributed by atoms with E-state index >= 15 is 0 Å². The molecule has 2 rings (SSSR count). The molecule has 1 aromatic carbocycles. The molecule has 0 saturated carbocycles. The molecule has 0 aliphatic heterocycles. The van der Waals surface area contributed by atoms with Crippen LogP contribution in [0.1, 0.15) is 12.0 Å². The van der Waals surface area contributed by atoms with Crippen molar-refractivity contribution in [2.24, 2.45) is 5.92 Å². The predicted octanol–water partition coefficient (Wildman–Crippen LogP) is 3.82. The van der Waals surface area contributed by atoms with Crippen molar-refractivity contribution in [3.63, 3.8) is 0 Å². The minimum atomic E-state index is 0.0821. The van der Waals surface area contributed by atoms with E-state index in [9.17, 15) is 5.11 Å². The van der Waals surface area contributed by atoms with Crippen LogP contribution in [-0.2, 0) is 6.54 Å². The molecule has 1 atom stereocenters. The summed E-state index contributed by atoms with van der Waals surface area (Å²) in [6, 6.07) is 7.80. The fourth-order valence-electron chi connectivity index (χ4n) is 2.04. The molecule has 1 unspecified atom stereocenters. The Labute approximate surface area is 129 Å². The Kier molecular flexibility index (Phi) is 5.07. The Balaban J connectivity index is 1.91. The zero-order valence-corrected chi connectivity index (χ0v) is 13.5. The number of halogens is 2. The quantitative estimate of drug-likeness (QED) is 0.688. The summed E-state index contributed by atoms with van der Waals surface area (Å²) < 4.78 is 1.83. The van der Waals surface area contributed by atoms with Crippen LogP contribution in [0.2, 0.25) is 0 Å². The van der Waals surface area contributed by atoms with E-state index in [1.165, 1.54) is 0 Å². The van der Waals surface area contributed by atoms with Gasteiger partial charge in [-0.3, -0.25) is 0 Å².